The molecule has 1 aromatic heterocycles. The summed E-state index contributed by atoms with van der Waals surface area (Å²) >= 11 is 0. The number of halogens is 3. The molecule has 29 heavy (non-hydrogen) atoms. The third-order valence-corrected chi connectivity index (χ3v) is 5.76. The molecule has 0 saturated carbocycles. The number of benzene rings is 1. The van der Waals surface area contributed by atoms with Crippen molar-refractivity contribution in [3.63, 3.8) is 0 Å². The zero-order valence-electron chi connectivity index (χ0n) is 15.9. The highest BCUT2D eigenvalue weighted by atomic mass is 19.4. The maximum Gasteiger partial charge on any atom is 0.417 e. The largest absolute Gasteiger partial charge is 0.494 e. The van der Waals surface area contributed by atoms with Crippen molar-refractivity contribution in [1.82, 2.24) is 9.97 Å². The third-order valence-electron chi connectivity index (χ3n) is 5.76. The molecule has 0 radical (unpaired) electrons. The van der Waals surface area contributed by atoms with Gasteiger partial charge in [0.1, 0.15) is 0 Å². The van der Waals surface area contributed by atoms with Crippen LogP contribution in [0.5, 0.6) is 5.75 Å². The van der Waals surface area contributed by atoms with Gasteiger partial charge in [-0.15, -0.1) is 0 Å². The van der Waals surface area contributed by atoms with E-state index in [2.05, 4.69) is 14.9 Å². The van der Waals surface area contributed by atoms with Crippen LogP contribution in [-0.4, -0.2) is 42.8 Å². The fraction of sp³-hybridized carbons (Fsp3) is 0.450. The Labute approximate surface area is 166 Å². The Morgan fingerprint density at radius 1 is 1.17 bits per heavy atom. The summed E-state index contributed by atoms with van der Waals surface area (Å²) in [5, 5.41) is 9.03. The van der Waals surface area contributed by atoms with E-state index in [1.807, 2.05) is 4.90 Å². The van der Waals surface area contributed by atoms with Gasteiger partial charge in [-0.1, -0.05) is 0 Å². The van der Waals surface area contributed by atoms with Gasteiger partial charge in [-0.05, 0) is 37.0 Å². The molecule has 0 aliphatic carbocycles. The molecule has 0 bridgehead atoms. The lowest BCUT2D eigenvalue weighted by atomic mass is 9.92. The molecule has 3 heterocycles. The average molecular weight is 403 g/mol. The number of methoxy groups -OCH3 is 1. The summed E-state index contributed by atoms with van der Waals surface area (Å²) in [4.78, 5) is 12.8. The normalized spacial score (nSPS) is 21.6. The summed E-state index contributed by atoms with van der Waals surface area (Å²) in [5.74, 6) is 1.57. The Bertz CT molecular complexity index is 925. The summed E-state index contributed by atoms with van der Waals surface area (Å²) in [6.07, 6.45) is 0.520. The van der Waals surface area contributed by atoms with E-state index in [1.165, 1.54) is 6.07 Å². The van der Waals surface area contributed by atoms with E-state index >= 15 is 0 Å². The molecule has 9 heteroatoms. The third kappa shape index (κ3) is 3.67. The van der Waals surface area contributed by atoms with Crippen LogP contribution < -0.4 is 14.5 Å². The second-order valence-electron chi connectivity index (χ2n) is 7.31. The van der Waals surface area contributed by atoms with Crippen LogP contribution in [-0.2, 0) is 6.18 Å². The molecule has 0 amide bonds. The van der Waals surface area contributed by atoms with Crippen LogP contribution >= 0.6 is 0 Å². The first-order valence-electron chi connectivity index (χ1n) is 9.39. The Morgan fingerprint density at radius 3 is 2.55 bits per heavy atom. The summed E-state index contributed by atoms with van der Waals surface area (Å²) < 4.78 is 45.2. The van der Waals surface area contributed by atoms with Crippen molar-refractivity contribution in [1.29, 1.82) is 5.26 Å². The maximum absolute atomic E-state index is 13.4. The number of fused-ring (bicyclic) bond motifs is 1. The number of ether oxygens (including phenoxy) is 1. The Morgan fingerprint density at radius 2 is 1.90 bits per heavy atom. The van der Waals surface area contributed by atoms with Crippen LogP contribution in [0.15, 0.2) is 30.6 Å². The first-order chi connectivity index (χ1) is 13.9. The van der Waals surface area contributed by atoms with Gasteiger partial charge in [-0.2, -0.15) is 18.4 Å². The number of piperidine rings is 1. The molecular formula is C20H20F3N5O. The zero-order chi connectivity index (χ0) is 20.6. The minimum Gasteiger partial charge on any atom is -0.494 e. The molecule has 2 aromatic rings. The van der Waals surface area contributed by atoms with Crippen molar-refractivity contribution in [3.05, 3.63) is 41.7 Å². The molecule has 2 aliphatic rings. The number of nitriles is 1. The molecule has 0 N–H and O–H groups in total. The van der Waals surface area contributed by atoms with Crippen LogP contribution in [0.3, 0.4) is 0 Å². The average Bonchev–Trinajstić information content (AvgIpc) is 3.16. The maximum atomic E-state index is 13.4. The van der Waals surface area contributed by atoms with Crippen molar-refractivity contribution in [2.24, 2.45) is 5.92 Å². The molecule has 2 atom stereocenters. The smallest absolute Gasteiger partial charge is 0.417 e. The Kier molecular flexibility index (Phi) is 4.94. The van der Waals surface area contributed by atoms with Crippen molar-refractivity contribution < 1.29 is 17.9 Å². The number of rotatable bonds is 3. The number of anilines is 2. The monoisotopic (exact) mass is 403 g/mol. The van der Waals surface area contributed by atoms with E-state index in [-0.39, 0.29) is 11.6 Å². The van der Waals surface area contributed by atoms with Crippen molar-refractivity contribution in [2.75, 3.05) is 36.5 Å². The van der Waals surface area contributed by atoms with Crippen molar-refractivity contribution in [3.8, 4) is 11.8 Å². The topological polar surface area (TPSA) is 65.3 Å². The number of nitrogens with zero attached hydrogens (tertiary/aromatic N) is 5. The molecule has 2 unspecified atom stereocenters. The van der Waals surface area contributed by atoms with E-state index < -0.39 is 11.7 Å². The summed E-state index contributed by atoms with van der Waals surface area (Å²) in [7, 11) is 1.55. The van der Waals surface area contributed by atoms with Gasteiger partial charge in [-0.25, -0.2) is 9.97 Å². The van der Waals surface area contributed by atoms with Gasteiger partial charge in [0.25, 0.3) is 0 Å². The molecule has 0 spiro atoms. The standard InChI is InChI=1S/C20H20F3N5O/c1-29-16-10-25-19(26-11-16)27-6-4-13-5-7-28(18(13)12-27)15-3-2-14(9-24)17(8-15)20(21,22)23/h2-3,8,10-11,13,18H,4-7,12H2,1H3. The van der Waals surface area contributed by atoms with Gasteiger partial charge in [-0.3, -0.25) is 0 Å². The lowest BCUT2D eigenvalue weighted by molar-refractivity contribution is -0.137. The summed E-state index contributed by atoms with van der Waals surface area (Å²) in [6, 6.07) is 5.69. The fourth-order valence-electron chi connectivity index (χ4n) is 4.26. The van der Waals surface area contributed by atoms with Crippen LogP contribution in [0.2, 0.25) is 0 Å². The predicted molar refractivity (Wildman–Crippen MR) is 101 cm³/mol. The van der Waals surface area contributed by atoms with Gasteiger partial charge in [0.2, 0.25) is 5.95 Å². The Hall–Kier alpha value is -3.02. The molecule has 2 aliphatic heterocycles. The second kappa shape index (κ2) is 7.43. The lowest BCUT2D eigenvalue weighted by Crippen LogP contribution is -2.49. The van der Waals surface area contributed by atoms with Gasteiger partial charge in [0.05, 0.1) is 36.7 Å². The minimum atomic E-state index is -4.56. The molecule has 6 nitrogen and oxygen atoms in total. The number of hydrogen-bond donors (Lipinski definition) is 0. The van der Waals surface area contributed by atoms with Crippen LogP contribution in [0.4, 0.5) is 24.8 Å². The minimum absolute atomic E-state index is 0.0727. The van der Waals surface area contributed by atoms with Gasteiger partial charge >= 0.3 is 6.18 Å². The molecular weight excluding hydrogens is 383 g/mol. The fourth-order valence-corrected chi connectivity index (χ4v) is 4.26. The summed E-state index contributed by atoms with van der Waals surface area (Å²) in [5.41, 5.74) is -0.734. The van der Waals surface area contributed by atoms with E-state index in [4.69, 9.17) is 10.00 Å². The molecule has 4 rings (SSSR count). The van der Waals surface area contributed by atoms with E-state index in [9.17, 15) is 13.2 Å². The van der Waals surface area contributed by atoms with Crippen LogP contribution in [0.25, 0.3) is 0 Å². The quantitative estimate of drug-likeness (QED) is 0.782. The molecule has 152 valence electrons. The van der Waals surface area contributed by atoms with Gasteiger partial charge < -0.3 is 14.5 Å². The highest BCUT2D eigenvalue weighted by Crippen LogP contribution is 2.39. The SMILES string of the molecule is COc1cnc(N2CCC3CCN(c4ccc(C#N)c(C(F)(F)F)c4)C3C2)nc1. The summed E-state index contributed by atoms with van der Waals surface area (Å²) in [6.45, 7) is 2.14. The molecule has 1 aromatic carbocycles. The zero-order valence-corrected chi connectivity index (χ0v) is 15.9. The van der Waals surface area contributed by atoms with Crippen molar-refractivity contribution in [2.45, 2.75) is 25.1 Å². The first kappa shape index (κ1) is 19.3. The van der Waals surface area contributed by atoms with E-state index in [0.29, 0.717) is 36.4 Å². The Balaban J connectivity index is 1.59. The highest BCUT2D eigenvalue weighted by molar-refractivity contribution is 5.57. The first-order valence-corrected chi connectivity index (χ1v) is 9.39. The van der Waals surface area contributed by atoms with E-state index in [1.54, 1.807) is 31.6 Å². The van der Waals surface area contributed by atoms with E-state index in [0.717, 1.165) is 25.5 Å². The number of hydrogen-bond acceptors (Lipinski definition) is 6. The molecule has 2 saturated heterocycles. The molecule has 2 fully saturated rings. The highest BCUT2D eigenvalue weighted by Gasteiger charge is 2.40. The lowest BCUT2D eigenvalue weighted by Gasteiger charge is -2.39. The number of alkyl halides is 3. The van der Waals surface area contributed by atoms with Crippen molar-refractivity contribution >= 4 is 11.6 Å². The van der Waals surface area contributed by atoms with Crippen LogP contribution in [0, 0.1) is 17.2 Å². The second-order valence-corrected chi connectivity index (χ2v) is 7.31. The number of aromatic nitrogens is 2. The van der Waals surface area contributed by atoms with Gasteiger partial charge in [0, 0.05) is 31.4 Å². The van der Waals surface area contributed by atoms with Gasteiger partial charge in [0.15, 0.2) is 5.75 Å². The predicted octanol–water partition coefficient (Wildman–Crippen LogP) is 3.48. The van der Waals surface area contributed by atoms with Crippen LogP contribution in [0.1, 0.15) is 24.0 Å².